The number of para-hydroxylation sites is 2. The highest BCUT2D eigenvalue weighted by Gasteiger charge is 2.50. The molecule has 162 valence electrons. The first kappa shape index (κ1) is 18.4. The Morgan fingerprint density at radius 2 is 1.18 bits per heavy atom. The topological polar surface area (TPSA) is 102 Å². The predicted octanol–water partition coefficient (Wildman–Crippen LogP) is 5.21. The molecule has 0 aliphatic carbocycles. The zero-order valence-electron chi connectivity index (χ0n) is 17.4. The summed E-state index contributed by atoms with van der Waals surface area (Å²) < 4.78 is 23.8. The largest absolute Gasteiger partial charge is 0.443 e. The van der Waals surface area contributed by atoms with Crippen LogP contribution in [-0.2, 0) is 15.3 Å². The van der Waals surface area contributed by atoms with Gasteiger partial charge in [-0.1, -0.05) is 36.4 Å². The molecule has 2 aromatic carbocycles. The maximum atomic E-state index is 6.01. The number of nitrogens with zero attached hydrogens (tertiary/aromatic N) is 2. The van der Waals surface area contributed by atoms with Crippen LogP contribution in [0.1, 0.15) is 11.8 Å². The van der Waals surface area contributed by atoms with Crippen molar-refractivity contribution >= 4 is 21.8 Å². The van der Waals surface area contributed by atoms with E-state index in [-0.39, 0.29) is 11.8 Å². The average molecular weight is 438 g/mol. The van der Waals surface area contributed by atoms with Crippen LogP contribution in [0.3, 0.4) is 0 Å². The molecule has 1 aliphatic heterocycles. The number of fused-ring (bicyclic) bond motifs is 2. The van der Waals surface area contributed by atoms with E-state index in [1.165, 1.54) is 0 Å². The van der Waals surface area contributed by atoms with Gasteiger partial charge in [-0.2, -0.15) is 0 Å². The van der Waals surface area contributed by atoms with Gasteiger partial charge in [0, 0.05) is 34.3 Å². The van der Waals surface area contributed by atoms with E-state index in [0.29, 0.717) is 24.6 Å². The SMILES string of the molecule is c1cc(-c2coc(C3(c4nc(-c5cccc6cc[nH]c56)co4)OCCO3)n2)c2[nH]ccc2c1. The molecule has 5 heterocycles. The lowest BCUT2D eigenvalue weighted by Gasteiger charge is -2.19. The van der Waals surface area contributed by atoms with Crippen LogP contribution in [0, 0.1) is 0 Å². The van der Waals surface area contributed by atoms with Gasteiger partial charge in [0.1, 0.15) is 23.9 Å². The van der Waals surface area contributed by atoms with Crippen molar-refractivity contribution in [2.24, 2.45) is 0 Å². The predicted molar refractivity (Wildman–Crippen MR) is 120 cm³/mol. The molecule has 6 aromatic rings. The van der Waals surface area contributed by atoms with Crippen molar-refractivity contribution in [2.45, 2.75) is 5.79 Å². The summed E-state index contributed by atoms with van der Waals surface area (Å²) in [6, 6.07) is 16.1. The summed E-state index contributed by atoms with van der Waals surface area (Å²) >= 11 is 0. The van der Waals surface area contributed by atoms with Gasteiger partial charge in [0.05, 0.1) is 24.2 Å². The summed E-state index contributed by atoms with van der Waals surface area (Å²) in [7, 11) is 0. The van der Waals surface area contributed by atoms with Crippen molar-refractivity contribution in [3.05, 3.63) is 85.2 Å². The molecule has 4 aromatic heterocycles. The second-order valence-electron chi connectivity index (χ2n) is 7.88. The molecule has 0 unspecified atom stereocenters. The molecule has 33 heavy (non-hydrogen) atoms. The third-order valence-electron chi connectivity index (χ3n) is 5.99. The van der Waals surface area contributed by atoms with Crippen LogP contribution in [0.15, 0.2) is 82.3 Å². The maximum absolute atomic E-state index is 6.01. The van der Waals surface area contributed by atoms with Crippen molar-refractivity contribution in [1.29, 1.82) is 0 Å². The minimum atomic E-state index is -1.44. The first-order chi connectivity index (χ1) is 16.3. The molecule has 2 N–H and O–H groups in total. The molecule has 0 radical (unpaired) electrons. The molecule has 0 atom stereocenters. The van der Waals surface area contributed by atoms with Crippen LogP contribution in [0.25, 0.3) is 44.3 Å². The van der Waals surface area contributed by atoms with Crippen molar-refractivity contribution in [3.63, 3.8) is 0 Å². The lowest BCUT2D eigenvalue weighted by molar-refractivity contribution is -0.163. The van der Waals surface area contributed by atoms with Crippen LogP contribution in [-0.4, -0.2) is 33.1 Å². The third-order valence-corrected chi connectivity index (χ3v) is 5.99. The summed E-state index contributed by atoms with van der Waals surface area (Å²) in [6.07, 6.45) is 7.00. The molecule has 0 bridgehead atoms. The zero-order chi connectivity index (χ0) is 21.8. The Morgan fingerprint density at radius 1 is 0.667 bits per heavy atom. The molecule has 1 fully saturated rings. The smallest absolute Gasteiger partial charge is 0.327 e. The van der Waals surface area contributed by atoms with Gasteiger partial charge in [-0.05, 0) is 12.1 Å². The van der Waals surface area contributed by atoms with Gasteiger partial charge in [-0.15, -0.1) is 0 Å². The number of benzene rings is 2. The van der Waals surface area contributed by atoms with Gasteiger partial charge in [-0.3, -0.25) is 0 Å². The fraction of sp³-hybridized carbons (Fsp3) is 0.120. The summed E-state index contributed by atoms with van der Waals surface area (Å²) in [5, 5.41) is 2.19. The Hall–Kier alpha value is -4.14. The molecule has 1 aliphatic rings. The Morgan fingerprint density at radius 3 is 1.70 bits per heavy atom. The summed E-state index contributed by atoms with van der Waals surface area (Å²) in [6.45, 7) is 0.738. The van der Waals surface area contributed by atoms with E-state index in [2.05, 4.69) is 9.97 Å². The highest BCUT2D eigenvalue weighted by molar-refractivity contribution is 5.93. The molecule has 8 nitrogen and oxygen atoms in total. The van der Waals surface area contributed by atoms with E-state index in [1.54, 1.807) is 12.5 Å². The summed E-state index contributed by atoms with van der Waals surface area (Å²) in [4.78, 5) is 16.0. The Balaban J connectivity index is 1.32. The summed E-state index contributed by atoms with van der Waals surface area (Å²) in [5.41, 5.74) is 5.15. The minimum Gasteiger partial charge on any atom is -0.443 e. The van der Waals surface area contributed by atoms with Crippen molar-refractivity contribution < 1.29 is 18.3 Å². The van der Waals surface area contributed by atoms with E-state index in [1.807, 2.05) is 60.9 Å². The van der Waals surface area contributed by atoms with E-state index in [9.17, 15) is 0 Å². The normalized spacial score (nSPS) is 15.6. The molecule has 0 amide bonds. The molecule has 7 rings (SSSR count). The highest BCUT2D eigenvalue weighted by Crippen LogP contribution is 2.40. The van der Waals surface area contributed by atoms with Gasteiger partial charge in [0.15, 0.2) is 0 Å². The zero-order valence-corrected chi connectivity index (χ0v) is 17.4. The first-order valence-corrected chi connectivity index (χ1v) is 10.6. The van der Waals surface area contributed by atoms with Crippen molar-refractivity contribution in [3.8, 4) is 22.5 Å². The number of oxazole rings is 2. The second kappa shape index (κ2) is 6.93. The summed E-state index contributed by atoms with van der Waals surface area (Å²) in [5.74, 6) is -0.959. The fourth-order valence-corrected chi connectivity index (χ4v) is 4.44. The number of hydrogen-bond donors (Lipinski definition) is 2. The lowest BCUT2D eigenvalue weighted by atomic mass is 10.1. The Kier molecular flexibility index (Phi) is 3.87. The monoisotopic (exact) mass is 438 g/mol. The molecule has 0 saturated carbocycles. The van der Waals surface area contributed by atoms with Gasteiger partial charge in [0.25, 0.3) is 11.8 Å². The fourth-order valence-electron chi connectivity index (χ4n) is 4.44. The number of ether oxygens (including phenoxy) is 2. The van der Waals surface area contributed by atoms with Crippen LogP contribution in [0.4, 0.5) is 0 Å². The number of aromatic amines is 2. The first-order valence-electron chi connectivity index (χ1n) is 10.6. The average Bonchev–Trinajstić information content (AvgIpc) is 3.68. The van der Waals surface area contributed by atoms with Gasteiger partial charge < -0.3 is 28.3 Å². The molecule has 0 spiro atoms. The number of nitrogens with one attached hydrogen (secondary N) is 2. The van der Waals surface area contributed by atoms with Gasteiger partial charge in [0.2, 0.25) is 0 Å². The van der Waals surface area contributed by atoms with Gasteiger partial charge >= 0.3 is 5.79 Å². The quantitative estimate of drug-likeness (QED) is 0.392. The van der Waals surface area contributed by atoms with E-state index < -0.39 is 5.79 Å². The molecule has 1 saturated heterocycles. The van der Waals surface area contributed by atoms with Crippen LogP contribution >= 0.6 is 0 Å². The van der Waals surface area contributed by atoms with Crippen LogP contribution < -0.4 is 0 Å². The van der Waals surface area contributed by atoms with Crippen LogP contribution in [0.5, 0.6) is 0 Å². The number of aromatic nitrogens is 4. The molecule has 8 heteroatoms. The van der Waals surface area contributed by atoms with E-state index >= 15 is 0 Å². The number of rotatable bonds is 4. The molecular weight excluding hydrogens is 420 g/mol. The van der Waals surface area contributed by atoms with E-state index in [4.69, 9.17) is 28.3 Å². The standard InChI is InChI=1S/C25H18N4O4/c1-3-15-7-9-26-21(15)17(5-1)19-13-30-23(28-19)25(32-11-12-33-25)24-29-20(14-31-24)18-6-2-4-16-8-10-27-22(16)18/h1-10,13-14,26-27H,11-12H2. The van der Waals surface area contributed by atoms with E-state index in [0.717, 1.165) is 32.9 Å². The number of H-pyrrole nitrogens is 2. The van der Waals surface area contributed by atoms with Gasteiger partial charge in [-0.25, -0.2) is 9.97 Å². The Bertz CT molecular complexity index is 1480. The maximum Gasteiger partial charge on any atom is 0.327 e. The Labute approximate surface area is 187 Å². The van der Waals surface area contributed by atoms with Crippen molar-refractivity contribution in [1.82, 2.24) is 19.9 Å². The second-order valence-corrected chi connectivity index (χ2v) is 7.88. The molecular formula is C25H18N4O4. The lowest BCUT2D eigenvalue weighted by Crippen LogP contribution is -2.29. The minimum absolute atomic E-state index is 0.241. The number of hydrogen-bond acceptors (Lipinski definition) is 6. The highest BCUT2D eigenvalue weighted by atomic mass is 16.8. The van der Waals surface area contributed by atoms with Crippen LogP contribution in [0.2, 0.25) is 0 Å². The van der Waals surface area contributed by atoms with Crippen molar-refractivity contribution in [2.75, 3.05) is 13.2 Å². The third kappa shape index (κ3) is 2.71.